The number of benzene rings is 8. The van der Waals surface area contributed by atoms with Crippen LogP contribution < -0.4 is 4.90 Å². The quantitative estimate of drug-likeness (QED) is 0.173. The number of rotatable bonds is 4. The Hall–Kier alpha value is -6.68. The molecular weight excluding hydrogens is 733 g/mol. The fraction of sp³-hybridized carbons (Fsp3) is 0.107. The van der Waals surface area contributed by atoms with Crippen molar-refractivity contribution in [2.75, 3.05) is 4.90 Å². The maximum atomic E-state index is 2.46. The lowest BCUT2D eigenvalue weighted by Gasteiger charge is -2.47. The van der Waals surface area contributed by atoms with Crippen molar-refractivity contribution in [3.63, 3.8) is 0 Å². The number of nitrogens with zero attached hydrogens (tertiary/aromatic N) is 2. The van der Waals surface area contributed by atoms with E-state index >= 15 is 0 Å². The molecule has 2 aliphatic rings. The molecule has 0 N–H and O–H groups in total. The van der Waals surface area contributed by atoms with Gasteiger partial charge < -0.3 is 9.47 Å². The summed E-state index contributed by atoms with van der Waals surface area (Å²) in [6.45, 7) is 9.51. The Labute approximate surface area is 348 Å². The van der Waals surface area contributed by atoms with Crippen LogP contribution in [-0.2, 0) is 10.8 Å². The van der Waals surface area contributed by atoms with Crippen LogP contribution in [0.15, 0.2) is 182 Å². The Kier molecular flexibility index (Phi) is 7.23. The molecule has 12 rings (SSSR count). The van der Waals surface area contributed by atoms with Gasteiger partial charge in [-0.3, -0.25) is 0 Å². The van der Waals surface area contributed by atoms with Crippen LogP contribution in [0.4, 0.5) is 11.4 Å². The number of fused-ring (bicyclic) bond motifs is 8. The molecule has 0 radical (unpaired) electrons. The lowest BCUT2D eigenvalue weighted by molar-refractivity contribution is 0.614. The van der Waals surface area contributed by atoms with E-state index in [1.165, 1.54) is 103 Å². The topological polar surface area (TPSA) is 8.17 Å². The Balaban J connectivity index is 0.950. The maximum Gasteiger partial charge on any atom is 0.0547 e. The SMILES string of the molecule is CC1(C)C(c2ccc(-n3c4ccccc4c4c(-c5ccc(-c6cccc7c6sc6ccccc67)cc5)cccc43)cc2)=CN2c3ccccc3C(C)(C)c3cccc1c32. The third-order valence-electron chi connectivity index (χ3n) is 13.4. The molecule has 0 bridgehead atoms. The minimum Gasteiger partial charge on any atom is -0.316 e. The normalized spacial score (nSPS) is 15.1. The van der Waals surface area contributed by atoms with Crippen molar-refractivity contribution in [3.05, 3.63) is 204 Å². The van der Waals surface area contributed by atoms with E-state index < -0.39 is 0 Å². The van der Waals surface area contributed by atoms with Crippen LogP contribution in [-0.4, -0.2) is 4.57 Å². The van der Waals surface area contributed by atoms with Gasteiger partial charge in [0.15, 0.2) is 0 Å². The summed E-state index contributed by atoms with van der Waals surface area (Å²) in [5.41, 5.74) is 17.6. The van der Waals surface area contributed by atoms with Crippen LogP contribution in [0, 0.1) is 0 Å². The first-order valence-electron chi connectivity index (χ1n) is 20.7. The highest BCUT2D eigenvalue weighted by Crippen LogP contribution is 2.57. The summed E-state index contributed by atoms with van der Waals surface area (Å²) in [5.74, 6) is 0. The van der Waals surface area contributed by atoms with Crippen molar-refractivity contribution in [2.45, 2.75) is 38.5 Å². The first-order chi connectivity index (χ1) is 28.8. The molecule has 0 saturated carbocycles. The molecule has 4 heterocycles. The zero-order valence-corrected chi connectivity index (χ0v) is 34.4. The summed E-state index contributed by atoms with van der Waals surface area (Å²) in [6.07, 6.45) is 2.41. The fourth-order valence-corrected chi connectivity index (χ4v) is 11.7. The Morgan fingerprint density at radius 2 is 1.02 bits per heavy atom. The summed E-state index contributed by atoms with van der Waals surface area (Å²) in [6, 6.07) is 65.5. The molecule has 2 aromatic heterocycles. The van der Waals surface area contributed by atoms with Gasteiger partial charge in [0.2, 0.25) is 0 Å². The van der Waals surface area contributed by atoms with Crippen LogP contribution in [0.3, 0.4) is 0 Å². The van der Waals surface area contributed by atoms with Crippen LogP contribution >= 0.6 is 11.3 Å². The molecule has 8 aromatic carbocycles. The van der Waals surface area contributed by atoms with E-state index in [0.29, 0.717) is 0 Å². The molecular formula is C56H42N2S. The monoisotopic (exact) mass is 774 g/mol. The molecule has 0 aliphatic carbocycles. The van der Waals surface area contributed by atoms with Gasteiger partial charge in [0.05, 0.1) is 16.7 Å². The first-order valence-corrected chi connectivity index (χ1v) is 21.5. The van der Waals surface area contributed by atoms with Crippen molar-refractivity contribution >= 4 is 70.3 Å². The minimum absolute atomic E-state index is 0.0810. The van der Waals surface area contributed by atoms with E-state index in [2.05, 4.69) is 219 Å². The number of hydrogen-bond donors (Lipinski definition) is 0. The zero-order chi connectivity index (χ0) is 39.6. The van der Waals surface area contributed by atoms with Gasteiger partial charge in [0.25, 0.3) is 0 Å². The third kappa shape index (κ3) is 4.86. The van der Waals surface area contributed by atoms with Crippen LogP contribution in [0.2, 0.25) is 0 Å². The zero-order valence-electron chi connectivity index (χ0n) is 33.6. The van der Waals surface area contributed by atoms with Gasteiger partial charge in [0, 0.05) is 59.3 Å². The fourth-order valence-electron chi connectivity index (χ4n) is 10.4. The highest BCUT2D eigenvalue weighted by atomic mass is 32.1. The molecule has 0 spiro atoms. The van der Waals surface area contributed by atoms with Crippen molar-refractivity contribution in [1.29, 1.82) is 0 Å². The molecule has 0 atom stereocenters. The average Bonchev–Trinajstić information content (AvgIpc) is 3.82. The van der Waals surface area contributed by atoms with E-state index in [-0.39, 0.29) is 10.8 Å². The van der Waals surface area contributed by atoms with Crippen molar-refractivity contribution in [1.82, 2.24) is 4.57 Å². The first kappa shape index (κ1) is 34.4. The number of thiophene rings is 1. The number of aromatic nitrogens is 1. The summed E-state index contributed by atoms with van der Waals surface area (Å²) < 4.78 is 5.13. The second kappa shape index (κ2) is 12.4. The molecule has 2 nitrogen and oxygen atoms in total. The van der Waals surface area contributed by atoms with E-state index in [9.17, 15) is 0 Å². The second-order valence-corrected chi connectivity index (χ2v) is 18.4. The molecule has 0 amide bonds. The summed E-state index contributed by atoms with van der Waals surface area (Å²) in [4.78, 5) is 2.46. The highest BCUT2D eigenvalue weighted by molar-refractivity contribution is 7.26. The average molecular weight is 775 g/mol. The van der Waals surface area contributed by atoms with Crippen LogP contribution in [0.1, 0.15) is 49.9 Å². The predicted molar refractivity (Wildman–Crippen MR) is 253 cm³/mol. The van der Waals surface area contributed by atoms with Crippen molar-refractivity contribution < 1.29 is 0 Å². The number of para-hydroxylation sites is 3. The Morgan fingerprint density at radius 3 is 1.83 bits per heavy atom. The molecule has 3 heteroatoms. The number of anilines is 2. The van der Waals surface area contributed by atoms with Gasteiger partial charge in [-0.2, -0.15) is 0 Å². The molecule has 0 unspecified atom stereocenters. The molecule has 10 aromatic rings. The van der Waals surface area contributed by atoms with Crippen molar-refractivity contribution in [2.24, 2.45) is 0 Å². The minimum atomic E-state index is -0.187. The molecule has 282 valence electrons. The Morgan fingerprint density at radius 1 is 0.441 bits per heavy atom. The third-order valence-corrected chi connectivity index (χ3v) is 14.7. The van der Waals surface area contributed by atoms with Gasteiger partial charge in [-0.1, -0.05) is 167 Å². The van der Waals surface area contributed by atoms with E-state index in [0.717, 1.165) is 5.69 Å². The smallest absolute Gasteiger partial charge is 0.0547 e. The number of allylic oxidation sites excluding steroid dienone is 1. The summed E-state index contributed by atoms with van der Waals surface area (Å²) in [7, 11) is 0. The maximum absolute atomic E-state index is 2.46. The summed E-state index contributed by atoms with van der Waals surface area (Å²) >= 11 is 1.89. The molecule has 59 heavy (non-hydrogen) atoms. The molecule has 0 saturated heterocycles. The highest BCUT2D eigenvalue weighted by Gasteiger charge is 2.43. The standard InChI is InChI=1S/C56H42N2S/c1-55(2)44-19-7-9-23-49(44)57-34-47(56(3,4)46-21-13-20-45(55)53(46)57)37-30-32-38(33-31-37)58-48-22-8-5-15-43(48)52-39(16-12-24-50(52)58)35-26-28-36(29-27-35)40-17-11-18-42-41-14-6-10-25-51(41)59-54(40)42/h5-34H,1-4H3. The molecule has 0 fully saturated rings. The number of hydrogen-bond acceptors (Lipinski definition) is 2. The second-order valence-electron chi connectivity index (χ2n) is 17.3. The van der Waals surface area contributed by atoms with Crippen molar-refractivity contribution in [3.8, 4) is 27.9 Å². The van der Waals surface area contributed by atoms with Crippen LogP contribution in [0.5, 0.6) is 0 Å². The van der Waals surface area contributed by atoms with Gasteiger partial charge in [-0.25, -0.2) is 0 Å². The lowest BCUT2D eigenvalue weighted by Crippen LogP contribution is -2.37. The van der Waals surface area contributed by atoms with Gasteiger partial charge in [-0.15, -0.1) is 11.3 Å². The molecule has 2 aliphatic heterocycles. The van der Waals surface area contributed by atoms with Gasteiger partial charge >= 0.3 is 0 Å². The van der Waals surface area contributed by atoms with E-state index in [1.807, 2.05) is 11.3 Å². The Bertz CT molecular complexity index is 3370. The summed E-state index contributed by atoms with van der Waals surface area (Å²) in [5, 5.41) is 5.20. The largest absolute Gasteiger partial charge is 0.316 e. The predicted octanol–water partition coefficient (Wildman–Crippen LogP) is 15.6. The lowest BCUT2D eigenvalue weighted by atomic mass is 9.66. The van der Waals surface area contributed by atoms with E-state index in [4.69, 9.17) is 0 Å². The van der Waals surface area contributed by atoms with Gasteiger partial charge in [-0.05, 0) is 86.5 Å². The van der Waals surface area contributed by atoms with Gasteiger partial charge in [0.1, 0.15) is 0 Å². The van der Waals surface area contributed by atoms with Crippen LogP contribution in [0.25, 0.3) is 75.5 Å². The van der Waals surface area contributed by atoms with E-state index in [1.54, 1.807) is 0 Å².